The Labute approximate surface area is 230 Å². The first-order valence-corrected chi connectivity index (χ1v) is 13.5. The molecule has 212 valence electrons. The Morgan fingerprint density at radius 3 is 2.72 bits per heavy atom. The van der Waals surface area contributed by atoms with Crippen molar-refractivity contribution in [1.29, 1.82) is 0 Å². The van der Waals surface area contributed by atoms with Crippen LogP contribution in [0.25, 0.3) is 0 Å². The molecular weight excluding hydrogens is 501 g/mol. The van der Waals surface area contributed by atoms with Gasteiger partial charge < -0.3 is 29.7 Å². The zero-order valence-electron chi connectivity index (χ0n) is 23.8. The number of fused-ring (bicyclic) bond motifs is 2. The van der Waals surface area contributed by atoms with E-state index in [1.54, 1.807) is 21.3 Å². The Morgan fingerprint density at radius 2 is 2.00 bits per heavy atom. The first kappa shape index (κ1) is 27.5. The monoisotopic (exact) mass is 541 g/mol. The molecule has 2 atom stereocenters. The highest BCUT2D eigenvalue weighted by Gasteiger charge is 2.46. The van der Waals surface area contributed by atoms with E-state index in [0.29, 0.717) is 23.6 Å². The Balaban J connectivity index is 1.35. The van der Waals surface area contributed by atoms with Gasteiger partial charge in [-0.2, -0.15) is 4.98 Å². The van der Waals surface area contributed by atoms with Crippen LogP contribution in [0.3, 0.4) is 0 Å². The molecule has 4 heterocycles. The van der Waals surface area contributed by atoms with E-state index >= 15 is 0 Å². The van der Waals surface area contributed by atoms with Crippen molar-refractivity contribution < 1.29 is 18.6 Å². The highest BCUT2D eigenvalue weighted by atomic mass is 19.1. The lowest BCUT2D eigenvalue weighted by atomic mass is 9.84. The molecule has 0 spiro atoms. The van der Waals surface area contributed by atoms with Crippen molar-refractivity contribution in [2.45, 2.75) is 62.8 Å². The molecule has 0 amide bonds. The number of piperidine rings is 1. The summed E-state index contributed by atoms with van der Waals surface area (Å²) in [4.78, 5) is 17.8. The van der Waals surface area contributed by atoms with Crippen LogP contribution in [0.15, 0.2) is 29.4 Å². The Hall–Kier alpha value is -3.02. The minimum absolute atomic E-state index is 0.0731. The number of methoxy groups -OCH3 is 2. The van der Waals surface area contributed by atoms with Crippen LogP contribution in [-0.2, 0) is 9.47 Å². The summed E-state index contributed by atoms with van der Waals surface area (Å²) in [5.41, 5.74) is 0.764. The third-order valence-corrected chi connectivity index (χ3v) is 8.12. The van der Waals surface area contributed by atoms with Crippen molar-refractivity contribution in [2.24, 2.45) is 4.99 Å². The largest absolute Gasteiger partial charge is 0.472 e. The van der Waals surface area contributed by atoms with E-state index < -0.39 is 11.4 Å². The van der Waals surface area contributed by atoms with Gasteiger partial charge in [0.05, 0.1) is 25.1 Å². The fraction of sp³-hybridized carbons (Fsp3) is 0.607. The summed E-state index contributed by atoms with van der Waals surface area (Å²) in [5, 5.41) is 6.61. The zero-order valence-corrected chi connectivity index (χ0v) is 23.8. The van der Waals surface area contributed by atoms with Crippen LogP contribution in [-0.4, -0.2) is 92.0 Å². The van der Waals surface area contributed by atoms with Crippen LogP contribution >= 0.6 is 0 Å². The molecule has 2 fully saturated rings. The van der Waals surface area contributed by atoms with E-state index in [2.05, 4.69) is 44.3 Å². The van der Waals surface area contributed by atoms with Crippen molar-refractivity contribution in [2.75, 3.05) is 63.6 Å². The number of halogens is 1. The molecule has 0 radical (unpaired) electrons. The van der Waals surface area contributed by atoms with Crippen molar-refractivity contribution in [3.8, 4) is 5.75 Å². The predicted octanol–water partition coefficient (Wildman–Crippen LogP) is 4.07. The van der Waals surface area contributed by atoms with Gasteiger partial charge >= 0.3 is 0 Å². The smallest absolute Gasteiger partial charge is 0.229 e. The maximum atomic E-state index is 14.8. The van der Waals surface area contributed by atoms with E-state index in [-0.39, 0.29) is 30.6 Å². The lowest BCUT2D eigenvalue weighted by Crippen LogP contribution is -2.60. The van der Waals surface area contributed by atoms with Gasteiger partial charge in [-0.1, -0.05) is 0 Å². The van der Waals surface area contributed by atoms with E-state index in [0.717, 1.165) is 30.8 Å². The van der Waals surface area contributed by atoms with E-state index in [4.69, 9.17) is 14.2 Å². The fourth-order valence-corrected chi connectivity index (χ4v) is 6.64. The molecule has 3 aliphatic heterocycles. The van der Waals surface area contributed by atoms with Crippen LogP contribution in [0.1, 0.15) is 39.5 Å². The van der Waals surface area contributed by atoms with Crippen molar-refractivity contribution in [3.63, 3.8) is 0 Å². The second kappa shape index (κ2) is 10.9. The first-order chi connectivity index (χ1) is 18.7. The third kappa shape index (κ3) is 5.27. The van der Waals surface area contributed by atoms with Crippen molar-refractivity contribution >= 4 is 29.0 Å². The van der Waals surface area contributed by atoms with Gasteiger partial charge in [-0.15, -0.1) is 0 Å². The lowest BCUT2D eigenvalue weighted by Gasteiger charge is -2.47. The summed E-state index contributed by atoms with van der Waals surface area (Å²) >= 11 is 0. The number of hydrogen-bond acceptors (Lipinski definition) is 9. The van der Waals surface area contributed by atoms with E-state index in [1.165, 1.54) is 19.0 Å². The van der Waals surface area contributed by atoms with Gasteiger partial charge in [0.25, 0.3) is 0 Å². The van der Waals surface area contributed by atoms with Crippen LogP contribution in [0.4, 0.5) is 27.5 Å². The second-order valence-corrected chi connectivity index (χ2v) is 11.3. The van der Waals surface area contributed by atoms with Crippen molar-refractivity contribution in [3.05, 3.63) is 30.2 Å². The number of nitrogens with one attached hydrogen (secondary N) is 2. The number of aliphatic imine (C=N–C) groups is 1. The van der Waals surface area contributed by atoms with Gasteiger partial charge in [0.15, 0.2) is 17.5 Å². The number of rotatable bonds is 8. The van der Waals surface area contributed by atoms with Crippen molar-refractivity contribution in [1.82, 2.24) is 14.9 Å². The molecule has 1 aromatic carbocycles. The van der Waals surface area contributed by atoms with Crippen LogP contribution in [0.5, 0.6) is 5.75 Å². The molecule has 2 saturated heterocycles. The maximum absolute atomic E-state index is 14.8. The van der Waals surface area contributed by atoms with Gasteiger partial charge in [0.2, 0.25) is 11.5 Å². The molecule has 0 saturated carbocycles. The fourth-order valence-electron chi connectivity index (χ4n) is 6.64. The SMILES string of the molecule is CN=C1N(C)c2cc(Nc3ncc(F)c(N[C@@H]4C[C@@H]5CCCN5C(C)(C)C4)n3)ccc2OC1(COC)COC. The molecule has 11 heteroatoms. The molecule has 2 aromatic rings. The molecule has 5 rings (SSSR count). The highest BCUT2D eigenvalue weighted by molar-refractivity contribution is 6.07. The molecule has 0 bridgehead atoms. The lowest BCUT2D eigenvalue weighted by molar-refractivity contribution is -0.0167. The number of benzene rings is 1. The molecule has 0 unspecified atom stereocenters. The van der Waals surface area contributed by atoms with E-state index in [9.17, 15) is 4.39 Å². The molecule has 0 aliphatic carbocycles. The normalized spacial score (nSPS) is 24.7. The summed E-state index contributed by atoms with van der Waals surface area (Å²) in [7, 11) is 6.91. The molecular formula is C28H40FN7O3. The summed E-state index contributed by atoms with van der Waals surface area (Å²) in [6, 6.07) is 6.37. The number of hydrogen-bond donors (Lipinski definition) is 2. The maximum Gasteiger partial charge on any atom is 0.229 e. The van der Waals surface area contributed by atoms with E-state index in [1.807, 2.05) is 30.1 Å². The quantitative estimate of drug-likeness (QED) is 0.513. The van der Waals surface area contributed by atoms with Gasteiger partial charge in [-0.3, -0.25) is 9.89 Å². The minimum Gasteiger partial charge on any atom is -0.472 e. The Kier molecular flexibility index (Phi) is 7.67. The third-order valence-electron chi connectivity index (χ3n) is 8.12. The summed E-state index contributed by atoms with van der Waals surface area (Å²) in [6.07, 6.45) is 5.55. The van der Waals surface area contributed by atoms with Gasteiger partial charge in [-0.05, 0) is 64.3 Å². The number of amidine groups is 1. The Bertz CT molecular complexity index is 1220. The number of nitrogens with zero attached hydrogens (tertiary/aromatic N) is 5. The number of anilines is 4. The van der Waals surface area contributed by atoms with Gasteiger partial charge in [0, 0.05) is 51.6 Å². The minimum atomic E-state index is -0.862. The van der Waals surface area contributed by atoms with Gasteiger partial charge in [0.1, 0.15) is 5.75 Å². The molecule has 39 heavy (non-hydrogen) atoms. The summed E-state index contributed by atoms with van der Waals surface area (Å²) in [5.74, 6) is 1.45. The van der Waals surface area contributed by atoms with Crippen LogP contribution < -0.4 is 20.3 Å². The molecule has 3 aliphatic rings. The highest BCUT2D eigenvalue weighted by Crippen LogP contribution is 2.41. The average Bonchev–Trinajstić information content (AvgIpc) is 3.37. The zero-order chi connectivity index (χ0) is 27.8. The number of likely N-dealkylation sites (N-methyl/N-ethyl adjacent to an activating group) is 1. The predicted molar refractivity (Wildman–Crippen MR) is 151 cm³/mol. The molecule has 10 nitrogen and oxygen atoms in total. The summed E-state index contributed by atoms with van der Waals surface area (Å²) < 4.78 is 32.1. The number of ether oxygens (including phenoxy) is 3. The molecule has 2 N–H and O–H groups in total. The summed E-state index contributed by atoms with van der Waals surface area (Å²) in [6.45, 7) is 6.28. The standard InChI is InChI=1S/C28H40FN7O3/c1-27(2)14-19(12-20-8-7-11-36(20)27)32-24-21(29)15-31-26(34-24)33-18-9-10-23-22(13-18)35(4)25(30-3)28(39-23,16-37-5)17-38-6/h9-10,13,15,19-20H,7-8,11-12,14,16-17H2,1-6H3,(H2,31,32,33,34)/t19-,20+/m1/s1. The second-order valence-electron chi connectivity index (χ2n) is 11.3. The number of aromatic nitrogens is 2. The van der Waals surface area contributed by atoms with Crippen LogP contribution in [0, 0.1) is 5.82 Å². The Morgan fingerprint density at radius 1 is 1.23 bits per heavy atom. The molecule has 1 aromatic heterocycles. The first-order valence-electron chi connectivity index (χ1n) is 13.5. The topological polar surface area (TPSA) is 96.4 Å². The van der Waals surface area contributed by atoms with Crippen LogP contribution in [0.2, 0.25) is 0 Å². The van der Waals surface area contributed by atoms with Gasteiger partial charge in [-0.25, -0.2) is 9.37 Å². The average molecular weight is 542 g/mol.